The average Bonchev–Trinajstić information content (AvgIpc) is 2.84. The second kappa shape index (κ2) is 10.6. The molecule has 2 heteroatoms. The Labute approximate surface area is 191 Å². The summed E-state index contributed by atoms with van der Waals surface area (Å²) in [5, 5.41) is 8.91. The lowest BCUT2D eigenvalue weighted by molar-refractivity contribution is 0.308. The first-order chi connectivity index (χ1) is 15.7. The van der Waals surface area contributed by atoms with Crippen LogP contribution in [0.3, 0.4) is 0 Å². The molecule has 0 atom stereocenters. The predicted octanol–water partition coefficient (Wildman–Crippen LogP) is 8.22. The van der Waals surface area contributed by atoms with E-state index in [-0.39, 0.29) is 5.82 Å². The van der Waals surface area contributed by atoms with Gasteiger partial charge in [0.15, 0.2) is 0 Å². The fourth-order valence-electron chi connectivity index (χ4n) is 5.11. The Morgan fingerprint density at radius 1 is 0.844 bits per heavy atom. The van der Waals surface area contributed by atoms with Crippen LogP contribution in [0.15, 0.2) is 66.7 Å². The van der Waals surface area contributed by atoms with Crippen molar-refractivity contribution < 1.29 is 4.39 Å². The van der Waals surface area contributed by atoms with Crippen LogP contribution in [0.2, 0.25) is 0 Å². The van der Waals surface area contributed by atoms with Crippen molar-refractivity contribution in [2.45, 2.75) is 64.2 Å². The third kappa shape index (κ3) is 5.46. The van der Waals surface area contributed by atoms with E-state index in [9.17, 15) is 4.39 Å². The van der Waals surface area contributed by atoms with Crippen LogP contribution in [0.5, 0.6) is 0 Å². The molecule has 3 aromatic carbocycles. The van der Waals surface area contributed by atoms with Crippen molar-refractivity contribution in [1.29, 1.82) is 5.26 Å². The van der Waals surface area contributed by atoms with Crippen molar-refractivity contribution in [3.8, 4) is 17.2 Å². The van der Waals surface area contributed by atoms with E-state index in [4.69, 9.17) is 5.26 Å². The summed E-state index contributed by atoms with van der Waals surface area (Å²) in [4.78, 5) is 0. The minimum absolute atomic E-state index is 0.345. The zero-order chi connectivity index (χ0) is 22.3. The molecule has 4 rings (SSSR count). The Hall–Kier alpha value is -2.92. The fourth-order valence-corrected chi connectivity index (χ4v) is 5.11. The van der Waals surface area contributed by atoms with Crippen molar-refractivity contribution >= 4 is 0 Å². The highest BCUT2D eigenvalue weighted by Gasteiger charge is 2.21. The maximum atomic E-state index is 14.3. The molecule has 0 saturated heterocycles. The summed E-state index contributed by atoms with van der Waals surface area (Å²) in [6, 6.07) is 24.0. The van der Waals surface area contributed by atoms with Crippen LogP contribution >= 0.6 is 0 Å². The molecule has 1 nitrogen and oxygen atoms in total. The van der Waals surface area contributed by atoms with Crippen LogP contribution in [0.1, 0.15) is 73.6 Å². The van der Waals surface area contributed by atoms with E-state index in [1.807, 2.05) is 18.2 Å². The zero-order valence-electron chi connectivity index (χ0n) is 19.0. The molecule has 164 valence electrons. The average molecular weight is 426 g/mol. The molecule has 1 aliphatic carbocycles. The lowest BCUT2D eigenvalue weighted by Crippen LogP contribution is -2.13. The maximum Gasteiger partial charge on any atom is 0.132 e. The van der Waals surface area contributed by atoms with Crippen LogP contribution in [0, 0.1) is 23.1 Å². The lowest BCUT2D eigenvalue weighted by atomic mass is 9.77. The van der Waals surface area contributed by atoms with Crippen LogP contribution in [-0.2, 0) is 12.8 Å². The highest BCUT2D eigenvalue weighted by Crippen LogP contribution is 2.37. The molecular formula is C30H32FN. The summed E-state index contributed by atoms with van der Waals surface area (Å²) < 4.78 is 14.3. The van der Waals surface area contributed by atoms with Crippen LogP contribution in [0.4, 0.5) is 4.39 Å². The second-order valence-corrected chi connectivity index (χ2v) is 9.25. The Morgan fingerprint density at radius 2 is 1.47 bits per heavy atom. The molecule has 0 unspecified atom stereocenters. The van der Waals surface area contributed by atoms with E-state index in [2.05, 4.69) is 43.3 Å². The maximum absolute atomic E-state index is 14.3. The number of hydrogen-bond donors (Lipinski definition) is 0. The number of nitriles is 1. The predicted molar refractivity (Wildman–Crippen MR) is 130 cm³/mol. The van der Waals surface area contributed by atoms with Gasteiger partial charge in [-0.1, -0.05) is 74.4 Å². The molecule has 0 radical (unpaired) electrons. The molecule has 0 heterocycles. The molecule has 1 saturated carbocycles. The van der Waals surface area contributed by atoms with Gasteiger partial charge in [-0.05, 0) is 84.7 Å². The van der Waals surface area contributed by atoms with Crippen molar-refractivity contribution in [3.63, 3.8) is 0 Å². The van der Waals surface area contributed by atoms with E-state index in [1.165, 1.54) is 61.3 Å². The zero-order valence-corrected chi connectivity index (χ0v) is 19.0. The van der Waals surface area contributed by atoms with Gasteiger partial charge >= 0.3 is 0 Å². The van der Waals surface area contributed by atoms with Crippen molar-refractivity contribution in [1.82, 2.24) is 0 Å². The number of rotatable bonds is 7. The summed E-state index contributed by atoms with van der Waals surface area (Å²) in [6.45, 7) is 2.30. The van der Waals surface area contributed by atoms with Gasteiger partial charge in [-0.2, -0.15) is 5.26 Å². The van der Waals surface area contributed by atoms with Gasteiger partial charge in [0.1, 0.15) is 5.82 Å². The molecule has 0 N–H and O–H groups in total. The summed E-state index contributed by atoms with van der Waals surface area (Å²) >= 11 is 0. The van der Waals surface area contributed by atoms with Crippen LogP contribution < -0.4 is 0 Å². The molecule has 32 heavy (non-hydrogen) atoms. The van der Waals surface area contributed by atoms with Gasteiger partial charge in [-0.25, -0.2) is 4.39 Å². The van der Waals surface area contributed by atoms with Crippen LogP contribution in [-0.4, -0.2) is 0 Å². The number of halogens is 1. The normalized spacial score (nSPS) is 18.3. The number of hydrogen-bond acceptors (Lipinski definition) is 1. The van der Waals surface area contributed by atoms with E-state index < -0.39 is 0 Å². The molecule has 3 aromatic rings. The Balaban J connectivity index is 1.32. The second-order valence-electron chi connectivity index (χ2n) is 9.25. The number of aryl methyl sites for hydroxylation is 2. The molecular weight excluding hydrogens is 393 g/mol. The standard InChI is InChI=1S/C30H32FN/c1-2-3-22-6-13-26(14-7-22)27-15-8-23(9-16-27)4-5-24-10-17-28(18-11-24)29-19-12-25(21-32)20-30(29)31/h8-12,15-20,22,26H,2-7,13-14H2,1H3/t22-,26-. The van der Waals surface area contributed by atoms with Gasteiger partial charge < -0.3 is 0 Å². The highest BCUT2D eigenvalue weighted by molar-refractivity contribution is 5.65. The molecule has 0 aromatic heterocycles. The van der Waals surface area contributed by atoms with Crippen molar-refractivity contribution in [2.24, 2.45) is 5.92 Å². The molecule has 0 aliphatic heterocycles. The third-order valence-electron chi connectivity index (χ3n) is 7.06. The van der Waals surface area contributed by atoms with Gasteiger partial charge in [0.05, 0.1) is 11.6 Å². The molecule has 1 aliphatic rings. The SMILES string of the molecule is CCC[C@H]1CC[C@H](c2ccc(CCc3ccc(-c4ccc(C#N)cc4F)cc3)cc2)CC1. The quantitative estimate of drug-likeness (QED) is 0.374. The van der Waals surface area contributed by atoms with Gasteiger partial charge in [-0.15, -0.1) is 0 Å². The number of nitrogens with zero attached hydrogens (tertiary/aromatic N) is 1. The fraction of sp³-hybridized carbons (Fsp3) is 0.367. The minimum atomic E-state index is -0.351. The van der Waals surface area contributed by atoms with E-state index in [0.29, 0.717) is 11.1 Å². The first-order valence-corrected chi connectivity index (χ1v) is 12.0. The van der Waals surface area contributed by atoms with Gasteiger partial charge in [0.25, 0.3) is 0 Å². The van der Waals surface area contributed by atoms with Crippen molar-refractivity contribution in [3.05, 3.63) is 94.8 Å². The molecule has 0 amide bonds. The van der Waals surface area contributed by atoms with Crippen molar-refractivity contribution in [2.75, 3.05) is 0 Å². The third-order valence-corrected chi connectivity index (χ3v) is 7.06. The summed E-state index contributed by atoms with van der Waals surface area (Å²) in [5.74, 6) is 1.35. The van der Waals surface area contributed by atoms with E-state index in [1.54, 1.807) is 12.1 Å². The Kier molecular flexibility index (Phi) is 7.38. The summed E-state index contributed by atoms with van der Waals surface area (Å²) in [6.07, 6.45) is 10.2. The molecule has 1 fully saturated rings. The largest absolute Gasteiger partial charge is 0.206 e. The summed E-state index contributed by atoms with van der Waals surface area (Å²) in [7, 11) is 0. The highest BCUT2D eigenvalue weighted by atomic mass is 19.1. The van der Waals surface area contributed by atoms with Gasteiger partial charge in [0.2, 0.25) is 0 Å². The monoisotopic (exact) mass is 425 g/mol. The van der Waals surface area contributed by atoms with E-state index >= 15 is 0 Å². The van der Waals surface area contributed by atoms with Gasteiger partial charge in [0, 0.05) is 5.56 Å². The Bertz CT molecular complexity index is 1050. The first-order valence-electron chi connectivity index (χ1n) is 12.0. The number of benzene rings is 3. The molecule has 0 bridgehead atoms. The Morgan fingerprint density at radius 3 is 2.03 bits per heavy atom. The molecule has 0 spiro atoms. The van der Waals surface area contributed by atoms with Gasteiger partial charge in [-0.3, -0.25) is 0 Å². The lowest BCUT2D eigenvalue weighted by Gasteiger charge is -2.28. The minimum Gasteiger partial charge on any atom is -0.206 e. The first kappa shape index (κ1) is 22.3. The van der Waals surface area contributed by atoms with E-state index in [0.717, 1.165) is 30.2 Å². The topological polar surface area (TPSA) is 23.8 Å². The van der Waals surface area contributed by atoms with Crippen LogP contribution in [0.25, 0.3) is 11.1 Å². The smallest absolute Gasteiger partial charge is 0.132 e. The summed E-state index contributed by atoms with van der Waals surface area (Å²) in [5.41, 5.74) is 5.86.